The van der Waals surface area contributed by atoms with Crippen LogP contribution in [0.15, 0.2) is 59.7 Å². The number of fused-ring (bicyclic) bond motifs is 1. The number of aliphatic imine (C=N–C) groups is 1. The normalized spacial score (nSPS) is 12.4. The Morgan fingerprint density at radius 2 is 1.83 bits per heavy atom. The first-order chi connectivity index (χ1) is 11.2. The number of pyridine rings is 1. The minimum absolute atomic E-state index is 0.288. The third-order valence-corrected chi connectivity index (χ3v) is 3.94. The van der Waals surface area contributed by atoms with Gasteiger partial charge >= 0.3 is 0 Å². The summed E-state index contributed by atoms with van der Waals surface area (Å²) in [7, 11) is 0. The minimum Gasteiger partial charge on any atom is -0.288 e. The molecular formula is C19H12F2N2. The second-order valence-electron chi connectivity index (χ2n) is 5.41. The van der Waals surface area contributed by atoms with Crippen molar-refractivity contribution in [2.45, 2.75) is 6.54 Å². The van der Waals surface area contributed by atoms with Crippen molar-refractivity contribution in [3.63, 3.8) is 0 Å². The quantitative estimate of drug-likeness (QED) is 0.678. The highest BCUT2D eigenvalue weighted by atomic mass is 19.1. The highest BCUT2D eigenvalue weighted by Gasteiger charge is 2.15. The molecule has 0 amide bonds. The van der Waals surface area contributed by atoms with Crippen LogP contribution in [0.5, 0.6) is 0 Å². The molecule has 0 N–H and O–H groups in total. The zero-order valence-electron chi connectivity index (χ0n) is 12.1. The maximum absolute atomic E-state index is 14.2. The van der Waals surface area contributed by atoms with E-state index in [1.807, 2.05) is 36.5 Å². The Morgan fingerprint density at radius 1 is 0.913 bits per heavy atom. The average Bonchev–Trinajstić information content (AvgIpc) is 3.02. The van der Waals surface area contributed by atoms with Gasteiger partial charge in [0.15, 0.2) is 0 Å². The van der Waals surface area contributed by atoms with Gasteiger partial charge in [0.2, 0.25) is 0 Å². The van der Waals surface area contributed by atoms with E-state index in [4.69, 9.17) is 0 Å². The number of aromatic nitrogens is 1. The molecule has 0 fully saturated rings. The van der Waals surface area contributed by atoms with Gasteiger partial charge < -0.3 is 0 Å². The summed E-state index contributed by atoms with van der Waals surface area (Å²) in [4.78, 5) is 8.56. The predicted octanol–water partition coefficient (Wildman–Crippen LogP) is 4.63. The van der Waals surface area contributed by atoms with Crippen LogP contribution in [0.25, 0.3) is 22.4 Å². The molecule has 1 aromatic heterocycles. The highest BCUT2D eigenvalue weighted by Crippen LogP contribution is 2.33. The lowest BCUT2D eigenvalue weighted by Crippen LogP contribution is -1.94. The van der Waals surface area contributed by atoms with E-state index < -0.39 is 11.6 Å². The lowest BCUT2D eigenvalue weighted by molar-refractivity contribution is 0.585. The van der Waals surface area contributed by atoms with Gasteiger partial charge in [-0.05, 0) is 41.0 Å². The molecule has 1 aliphatic rings. The van der Waals surface area contributed by atoms with Crippen LogP contribution >= 0.6 is 0 Å². The minimum atomic E-state index is -0.618. The number of halogens is 2. The summed E-state index contributed by atoms with van der Waals surface area (Å²) in [5.41, 5.74) is 4.77. The van der Waals surface area contributed by atoms with E-state index in [1.54, 1.807) is 6.20 Å². The van der Waals surface area contributed by atoms with Gasteiger partial charge in [0, 0.05) is 29.6 Å². The van der Waals surface area contributed by atoms with Crippen LogP contribution in [-0.2, 0) is 6.54 Å². The Balaban J connectivity index is 1.89. The summed E-state index contributed by atoms with van der Waals surface area (Å²) in [6, 6.07) is 13.3. The van der Waals surface area contributed by atoms with Gasteiger partial charge in [0.1, 0.15) is 11.6 Å². The van der Waals surface area contributed by atoms with Gasteiger partial charge in [-0.25, -0.2) is 8.78 Å². The highest BCUT2D eigenvalue weighted by molar-refractivity contribution is 5.89. The molecule has 2 aromatic carbocycles. The molecule has 0 aliphatic carbocycles. The van der Waals surface area contributed by atoms with Gasteiger partial charge in [-0.3, -0.25) is 9.98 Å². The van der Waals surface area contributed by atoms with Gasteiger partial charge in [-0.15, -0.1) is 0 Å². The number of rotatable bonds is 2. The summed E-state index contributed by atoms with van der Waals surface area (Å²) >= 11 is 0. The first-order valence-electron chi connectivity index (χ1n) is 7.26. The fraction of sp³-hybridized carbons (Fsp3) is 0.0526. The van der Waals surface area contributed by atoms with Crippen LogP contribution in [-0.4, -0.2) is 11.2 Å². The van der Waals surface area contributed by atoms with E-state index in [1.165, 1.54) is 17.7 Å². The first kappa shape index (κ1) is 13.8. The standard InChI is InChI=1S/C19H12F2N2/c20-15-5-6-17(18(21)9-15)19-16(2-1-7-23-19)12-3-4-13-10-22-11-14(13)8-12/h1-9,11H,10H2. The molecule has 0 saturated carbocycles. The largest absolute Gasteiger partial charge is 0.288 e. The van der Waals surface area contributed by atoms with Crippen molar-refractivity contribution in [3.8, 4) is 22.4 Å². The lowest BCUT2D eigenvalue weighted by Gasteiger charge is -2.11. The van der Waals surface area contributed by atoms with E-state index in [-0.39, 0.29) is 5.56 Å². The lowest BCUT2D eigenvalue weighted by atomic mass is 9.96. The summed E-state index contributed by atoms with van der Waals surface area (Å²) in [6.07, 6.45) is 3.45. The average molecular weight is 306 g/mol. The Morgan fingerprint density at radius 3 is 2.70 bits per heavy atom. The Bertz CT molecular complexity index is 932. The topological polar surface area (TPSA) is 25.2 Å². The van der Waals surface area contributed by atoms with Crippen LogP contribution in [0.2, 0.25) is 0 Å². The maximum atomic E-state index is 14.2. The molecule has 0 unspecified atom stereocenters. The van der Waals surface area contributed by atoms with Crippen LogP contribution in [0.1, 0.15) is 11.1 Å². The summed E-state index contributed by atoms with van der Waals surface area (Å²) in [5, 5.41) is 0. The number of hydrogen-bond donors (Lipinski definition) is 0. The molecule has 2 heterocycles. The molecule has 23 heavy (non-hydrogen) atoms. The molecule has 2 nitrogen and oxygen atoms in total. The van der Waals surface area contributed by atoms with E-state index >= 15 is 0 Å². The fourth-order valence-corrected chi connectivity index (χ4v) is 2.80. The third kappa shape index (κ3) is 2.42. The van der Waals surface area contributed by atoms with E-state index in [2.05, 4.69) is 9.98 Å². The van der Waals surface area contributed by atoms with Crippen molar-refractivity contribution in [3.05, 3.63) is 77.5 Å². The Kier molecular flexibility index (Phi) is 3.23. The zero-order chi connectivity index (χ0) is 15.8. The first-order valence-corrected chi connectivity index (χ1v) is 7.26. The van der Waals surface area contributed by atoms with Gasteiger partial charge in [-0.1, -0.05) is 18.2 Å². The molecule has 112 valence electrons. The van der Waals surface area contributed by atoms with E-state index in [0.717, 1.165) is 22.8 Å². The molecule has 0 saturated heterocycles. The van der Waals surface area contributed by atoms with Crippen molar-refractivity contribution in [1.29, 1.82) is 0 Å². The van der Waals surface area contributed by atoms with Crippen molar-refractivity contribution in [1.82, 2.24) is 4.98 Å². The zero-order valence-corrected chi connectivity index (χ0v) is 12.1. The van der Waals surface area contributed by atoms with E-state index in [0.29, 0.717) is 12.2 Å². The van der Waals surface area contributed by atoms with Crippen LogP contribution in [0.4, 0.5) is 8.78 Å². The van der Waals surface area contributed by atoms with E-state index in [9.17, 15) is 8.78 Å². The van der Waals surface area contributed by atoms with Gasteiger partial charge in [0.25, 0.3) is 0 Å². The number of benzene rings is 2. The number of nitrogens with zero attached hydrogens (tertiary/aromatic N) is 2. The van der Waals surface area contributed by atoms with Crippen LogP contribution in [0, 0.1) is 11.6 Å². The van der Waals surface area contributed by atoms with Gasteiger partial charge in [-0.2, -0.15) is 0 Å². The molecule has 0 spiro atoms. The fourth-order valence-electron chi connectivity index (χ4n) is 2.80. The second-order valence-corrected chi connectivity index (χ2v) is 5.41. The SMILES string of the molecule is Fc1ccc(-c2ncccc2-c2ccc3c(c2)C=NC3)c(F)c1. The molecule has 1 aliphatic heterocycles. The molecule has 4 heteroatoms. The van der Waals surface area contributed by atoms with Crippen molar-refractivity contribution >= 4 is 6.21 Å². The van der Waals surface area contributed by atoms with Gasteiger partial charge in [0.05, 0.1) is 12.2 Å². The monoisotopic (exact) mass is 306 g/mol. The Hall–Kier alpha value is -2.88. The number of hydrogen-bond acceptors (Lipinski definition) is 2. The maximum Gasteiger partial charge on any atom is 0.135 e. The van der Waals surface area contributed by atoms with Crippen molar-refractivity contribution in [2.75, 3.05) is 0 Å². The second kappa shape index (κ2) is 5.39. The molecule has 0 atom stereocenters. The van der Waals surface area contributed by atoms with Crippen molar-refractivity contribution in [2.24, 2.45) is 4.99 Å². The smallest absolute Gasteiger partial charge is 0.135 e. The molecule has 0 bridgehead atoms. The summed E-state index contributed by atoms with van der Waals surface area (Å²) < 4.78 is 27.3. The third-order valence-electron chi connectivity index (χ3n) is 3.94. The van der Waals surface area contributed by atoms with Crippen LogP contribution < -0.4 is 0 Å². The summed E-state index contributed by atoms with van der Waals surface area (Å²) in [5.74, 6) is -1.22. The molecule has 4 rings (SSSR count). The molecule has 0 radical (unpaired) electrons. The molecular weight excluding hydrogens is 294 g/mol. The Labute approximate surface area is 132 Å². The van der Waals surface area contributed by atoms with Crippen molar-refractivity contribution < 1.29 is 8.78 Å². The summed E-state index contributed by atoms with van der Waals surface area (Å²) in [6.45, 7) is 0.697. The molecule has 3 aromatic rings. The predicted molar refractivity (Wildman–Crippen MR) is 86.3 cm³/mol. The van der Waals surface area contributed by atoms with Crippen LogP contribution in [0.3, 0.4) is 0 Å².